The van der Waals surface area contributed by atoms with Gasteiger partial charge in [-0.25, -0.2) is 9.29 Å². The van der Waals surface area contributed by atoms with Crippen LogP contribution in [0.25, 0.3) is 0 Å². The first-order chi connectivity index (χ1) is 13.0. The second kappa shape index (κ2) is 6.16. The highest BCUT2D eigenvalue weighted by Crippen LogP contribution is 2.55. The predicted octanol–water partition coefficient (Wildman–Crippen LogP) is 0.685. The van der Waals surface area contributed by atoms with Gasteiger partial charge in [0.05, 0.1) is 38.0 Å². The molecule has 2 bridgehead atoms. The molecule has 5 nitrogen and oxygen atoms in total. The molecule has 0 spiro atoms. The number of piperazine rings is 1. The molecule has 5 rings (SSSR count). The standard InChI is InChI=1S/C21H24FN3O2/c1-13-10-14-11-17(13)19-18(14)20(26)25(21(19)27)12-23-6-8-24(9-7-23)16-4-2-15(22)3-5-16/h2-5,10,14,17-19H,6-9,11-12H2,1H3/p+1/t14-,17+,18+,19-/m1/s1. The number of anilines is 1. The average molecular weight is 370 g/mol. The van der Waals surface area contributed by atoms with E-state index in [9.17, 15) is 14.0 Å². The summed E-state index contributed by atoms with van der Waals surface area (Å²) in [6, 6.07) is 6.58. The fourth-order valence-electron chi connectivity index (χ4n) is 5.61. The van der Waals surface area contributed by atoms with Gasteiger partial charge in [-0.2, -0.15) is 0 Å². The molecule has 4 atom stereocenters. The van der Waals surface area contributed by atoms with Crippen molar-refractivity contribution in [1.82, 2.24) is 4.90 Å². The summed E-state index contributed by atoms with van der Waals surface area (Å²) in [5, 5.41) is 0. The Kier molecular flexibility index (Phi) is 3.86. The number of benzene rings is 1. The van der Waals surface area contributed by atoms with E-state index >= 15 is 0 Å². The lowest BCUT2D eigenvalue weighted by Crippen LogP contribution is -3.16. The van der Waals surface area contributed by atoms with Crippen molar-refractivity contribution in [2.75, 3.05) is 37.7 Å². The lowest BCUT2D eigenvalue weighted by Gasteiger charge is -2.35. The van der Waals surface area contributed by atoms with Crippen LogP contribution in [0.3, 0.4) is 0 Å². The third-order valence-electron chi connectivity index (χ3n) is 7.02. The molecule has 1 aromatic rings. The van der Waals surface area contributed by atoms with Gasteiger partial charge >= 0.3 is 0 Å². The van der Waals surface area contributed by atoms with Gasteiger partial charge in [0, 0.05) is 5.69 Å². The summed E-state index contributed by atoms with van der Waals surface area (Å²) in [5.41, 5.74) is 2.32. The number of rotatable bonds is 3. The Labute approximate surface area is 158 Å². The molecule has 2 aliphatic carbocycles. The van der Waals surface area contributed by atoms with Crippen LogP contribution in [0.5, 0.6) is 0 Å². The summed E-state index contributed by atoms with van der Waals surface area (Å²) in [6.45, 7) is 6.01. The first-order valence-corrected chi connectivity index (χ1v) is 9.90. The molecule has 2 aliphatic heterocycles. The van der Waals surface area contributed by atoms with Crippen LogP contribution in [0.2, 0.25) is 0 Å². The molecule has 0 radical (unpaired) electrons. The van der Waals surface area contributed by atoms with Gasteiger partial charge in [0.2, 0.25) is 11.8 Å². The first kappa shape index (κ1) is 16.9. The number of hydrogen-bond acceptors (Lipinski definition) is 3. The zero-order chi connectivity index (χ0) is 18.7. The van der Waals surface area contributed by atoms with Crippen LogP contribution in [-0.4, -0.2) is 49.6 Å². The summed E-state index contributed by atoms with van der Waals surface area (Å²) in [6.07, 6.45) is 3.20. The zero-order valence-corrected chi connectivity index (χ0v) is 15.5. The van der Waals surface area contributed by atoms with E-state index < -0.39 is 0 Å². The Morgan fingerprint density at radius 3 is 2.44 bits per heavy atom. The van der Waals surface area contributed by atoms with Crippen LogP contribution in [0, 0.1) is 29.5 Å². The number of halogens is 1. The van der Waals surface area contributed by atoms with Crippen molar-refractivity contribution in [3.05, 3.63) is 41.7 Å². The van der Waals surface area contributed by atoms with Gasteiger partial charge < -0.3 is 9.80 Å². The number of imide groups is 1. The Morgan fingerprint density at radius 1 is 1.07 bits per heavy atom. The average Bonchev–Trinajstić information content (AvgIpc) is 3.30. The van der Waals surface area contributed by atoms with Crippen LogP contribution < -0.4 is 9.80 Å². The Morgan fingerprint density at radius 2 is 1.74 bits per heavy atom. The third kappa shape index (κ3) is 2.61. The minimum atomic E-state index is -0.224. The van der Waals surface area contributed by atoms with Gasteiger partial charge in [-0.3, -0.25) is 9.59 Å². The van der Waals surface area contributed by atoms with Gasteiger partial charge in [0.1, 0.15) is 5.82 Å². The molecular weight excluding hydrogens is 345 g/mol. The van der Waals surface area contributed by atoms with E-state index in [1.54, 1.807) is 17.0 Å². The minimum absolute atomic E-state index is 0.0507. The molecule has 0 unspecified atom stereocenters. The van der Waals surface area contributed by atoms with Gasteiger partial charge in [0.15, 0.2) is 6.67 Å². The van der Waals surface area contributed by atoms with Crippen LogP contribution >= 0.6 is 0 Å². The van der Waals surface area contributed by atoms with Gasteiger partial charge in [-0.15, -0.1) is 0 Å². The summed E-state index contributed by atoms with van der Waals surface area (Å²) >= 11 is 0. The molecule has 0 aromatic heterocycles. The topological polar surface area (TPSA) is 45.1 Å². The number of carbonyl (C=O) groups excluding carboxylic acids is 2. The molecule has 27 heavy (non-hydrogen) atoms. The van der Waals surface area contributed by atoms with Crippen molar-refractivity contribution in [2.45, 2.75) is 13.3 Å². The molecule has 2 heterocycles. The van der Waals surface area contributed by atoms with E-state index in [2.05, 4.69) is 17.9 Å². The van der Waals surface area contributed by atoms with E-state index in [0.29, 0.717) is 6.67 Å². The highest BCUT2D eigenvalue weighted by Gasteiger charge is 2.61. The number of likely N-dealkylation sites (tertiary alicyclic amines) is 1. The number of fused-ring (bicyclic) bond motifs is 5. The Bertz CT molecular complexity index is 813. The van der Waals surface area contributed by atoms with Gasteiger partial charge in [-0.1, -0.05) is 11.6 Å². The largest absolute Gasteiger partial charge is 0.360 e. The summed E-state index contributed by atoms with van der Waals surface area (Å²) in [5.74, 6) is 0.225. The fourth-order valence-corrected chi connectivity index (χ4v) is 5.61. The van der Waals surface area contributed by atoms with Crippen molar-refractivity contribution in [2.24, 2.45) is 23.7 Å². The highest BCUT2D eigenvalue weighted by molar-refractivity contribution is 6.06. The Balaban J connectivity index is 1.22. The lowest BCUT2D eigenvalue weighted by atomic mass is 9.82. The van der Waals surface area contributed by atoms with Crippen LogP contribution in [0.1, 0.15) is 13.3 Å². The number of allylic oxidation sites excluding steroid dienone is 2. The maximum Gasteiger partial charge on any atom is 0.238 e. The Hall–Kier alpha value is -2.21. The normalized spacial score (nSPS) is 33.0. The lowest BCUT2D eigenvalue weighted by molar-refractivity contribution is -0.908. The monoisotopic (exact) mass is 370 g/mol. The van der Waals surface area contributed by atoms with Crippen molar-refractivity contribution in [1.29, 1.82) is 0 Å². The second-order valence-electron chi connectivity index (χ2n) is 8.44. The molecule has 3 fully saturated rings. The van der Waals surface area contributed by atoms with Gasteiger partial charge in [0.25, 0.3) is 0 Å². The molecular formula is C21H25FN3O2+. The molecule has 2 amide bonds. The maximum absolute atomic E-state index is 13.1. The van der Waals surface area contributed by atoms with E-state index in [1.807, 2.05) is 0 Å². The van der Waals surface area contributed by atoms with E-state index in [-0.39, 0.29) is 41.3 Å². The first-order valence-electron chi connectivity index (χ1n) is 9.90. The molecule has 142 valence electrons. The number of nitrogens with one attached hydrogen (secondary N) is 1. The van der Waals surface area contributed by atoms with E-state index in [1.165, 1.54) is 22.6 Å². The third-order valence-corrected chi connectivity index (χ3v) is 7.02. The zero-order valence-electron chi connectivity index (χ0n) is 15.5. The van der Waals surface area contributed by atoms with Gasteiger partial charge in [-0.05, 0) is 49.4 Å². The SMILES string of the molecule is CC1=C[C@@H]2C[C@@H]1[C@H]1C(=O)N(C[NH+]3CCN(c4ccc(F)cc4)CC3)C(=O)[C@H]12. The van der Waals surface area contributed by atoms with Crippen LogP contribution in [0.4, 0.5) is 10.1 Å². The maximum atomic E-state index is 13.1. The van der Waals surface area contributed by atoms with Crippen LogP contribution in [0.15, 0.2) is 35.9 Å². The van der Waals surface area contributed by atoms with Crippen LogP contribution in [-0.2, 0) is 9.59 Å². The molecule has 4 aliphatic rings. The smallest absolute Gasteiger partial charge is 0.238 e. The number of hydrogen-bond donors (Lipinski definition) is 1. The molecule has 1 N–H and O–H groups in total. The van der Waals surface area contributed by atoms with Crippen molar-refractivity contribution < 1.29 is 18.9 Å². The number of carbonyl (C=O) groups is 2. The minimum Gasteiger partial charge on any atom is -0.360 e. The van der Waals surface area contributed by atoms with Crippen molar-refractivity contribution in [3.8, 4) is 0 Å². The van der Waals surface area contributed by atoms with Crippen molar-refractivity contribution >= 4 is 17.5 Å². The molecule has 2 saturated heterocycles. The van der Waals surface area contributed by atoms with E-state index in [4.69, 9.17) is 0 Å². The number of amides is 2. The second-order valence-corrected chi connectivity index (χ2v) is 8.44. The number of quaternary nitrogens is 1. The quantitative estimate of drug-likeness (QED) is 0.629. The summed E-state index contributed by atoms with van der Waals surface area (Å²) < 4.78 is 13.1. The molecule has 1 aromatic carbocycles. The van der Waals surface area contributed by atoms with E-state index in [0.717, 1.165) is 38.3 Å². The number of nitrogens with zero attached hydrogens (tertiary/aromatic N) is 2. The fraction of sp³-hybridized carbons (Fsp3) is 0.524. The predicted molar refractivity (Wildman–Crippen MR) is 98.4 cm³/mol. The van der Waals surface area contributed by atoms with Crippen molar-refractivity contribution in [3.63, 3.8) is 0 Å². The molecule has 1 saturated carbocycles. The summed E-state index contributed by atoms with van der Waals surface area (Å²) in [7, 11) is 0. The summed E-state index contributed by atoms with van der Waals surface area (Å²) in [4.78, 5) is 30.9. The highest BCUT2D eigenvalue weighted by atomic mass is 19.1. The molecule has 6 heteroatoms.